The van der Waals surface area contributed by atoms with Gasteiger partial charge in [-0.05, 0) is 102 Å². The van der Waals surface area contributed by atoms with Gasteiger partial charge in [0.25, 0.3) is 0 Å². The van der Waals surface area contributed by atoms with E-state index in [9.17, 15) is 0 Å². The topological polar surface area (TPSA) is 38.7 Å². The van der Waals surface area contributed by atoms with Gasteiger partial charge in [0, 0.05) is 40.1 Å². The van der Waals surface area contributed by atoms with Crippen molar-refractivity contribution in [1.82, 2.24) is 15.0 Å². The monoisotopic (exact) mass is 753 g/mol. The molecule has 2 aromatic heterocycles. The quantitative estimate of drug-likeness (QED) is 0.170. The second-order valence-electron chi connectivity index (χ2n) is 16.0. The van der Waals surface area contributed by atoms with Gasteiger partial charge in [-0.1, -0.05) is 172 Å². The van der Waals surface area contributed by atoms with Gasteiger partial charge in [0.1, 0.15) is 0 Å². The first-order valence-corrected chi connectivity index (χ1v) is 20.3. The SMILES string of the molecule is CC1(C)c2ccc3ccccc3c2-c2cccc(-c3cccc(-c4ccc(-c5nc(-c6ccccc6)cc(-c6cccc(-c7cccnc7)c6)n5)c5ccccc45)c3)c21. The highest BCUT2D eigenvalue weighted by Gasteiger charge is 2.38. The maximum Gasteiger partial charge on any atom is 0.161 e. The number of rotatable bonds is 6. The van der Waals surface area contributed by atoms with Crippen LogP contribution in [0.25, 0.3) is 100.0 Å². The van der Waals surface area contributed by atoms with Crippen LogP contribution in [0.5, 0.6) is 0 Å². The standard InChI is InChI=1S/C56H39N3/c1-56(2)50-30-27-36-14-6-7-22-44(36)53(50)49-26-12-25-45(54(49)56)40-19-11-18-39(33-40)43-28-29-48(47-24-9-8-23-46(43)47)55-58-51(37-15-4-3-5-16-37)34-52(59-55)41-20-10-17-38(32-41)42-21-13-31-57-35-42/h3-35H,1-2H3. The van der Waals surface area contributed by atoms with Crippen LogP contribution in [0.4, 0.5) is 0 Å². The molecule has 0 atom stereocenters. The highest BCUT2D eigenvalue weighted by atomic mass is 14.9. The maximum atomic E-state index is 5.30. The summed E-state index contributed by atoms with van der Waals surface area (Å²) in [5.74, 6) is 0.693. The predicted molar refractivity (Wildman–Crippen MR) is 245 cm³/mol. The zero-order valence-electron chi connectivity index (χ0n) is 32.9. The Morgan fingerprint density at radius 2 is 0.983 bits per heavy atom. The molecule has 0 fully saturated rings. The van der Waals surface area contributed by atoms with E-state index >= 15 is 0 Å². The summed E-state index contributed by atoms with van der Waals surface area (Å²) < 4.78 is 0. The Labute approximate surface area is 344 Å². The van der Waals surface area contributed by atoms with Crippen molar-refractivity contribution in [2.24, 2.45) is 0 Å². The molecule has 0 N–H and O–H groups in total. The van der Waals surface area contributed by atoms with Crippen LogP contribution in [0, 0.1) is 0 Å². The van der Waals surface area contributed by atoms with Crippen LogP contribution >= 0.6 is 0 Å². The first-order valence-electron chi connectivity index (χ1n) is 20.3. The van der Waals surface area contributed by atoms with Crippen molar-refractivity contribution in [3.05, 3.63) is 212 Å². The summed E-state index contributed by atoms with van der Waals surface area (Å²) in [4.78, 5) is 14.9. The van der Waals surface area contributed by atoms with E-state index < -0.39 is 0 Å². The van der Waals surface area contributed by atoms with Gasteiger partial charge in [0.15, 0.2) is 5.82 Å². The molecule has 0 unspecified atom stereocenters. The molecule has 1 aliphatic carbocycles. The third-order valence-electron chi connectivity index (χ3n) is 12.2. The summed E-state index contributed by atoms with van der Waals surface area (Å²) in [6.07, 6.45) is 3.70. The first-order chi connectivity index (χ1) is 29.0. The van der Waals surface area contributed by atoms with E-state index in [-0.39, 0.29) is 5.41 Å². The first kappa shape index (κ1) is 34.7. The van der Waals surface area contributed by atoms with Gasteiger partial charge in [-0.25, -0.2) is 9.97 Å². The molecule has 8 aromatic carbocycles. The van der Waals surface area contributed by atoms with E-state index in [1.54, 1.807) is 6.20 Å². The molecule has 0 bridgehead atoms. The van der Waals surface area contributed by atoms with E-state index in [0.717, 1.165) is 50.0 Å². The van der Waals surface area contributed by atoms with Crippen molar-refractivity contribution in [1.29, 1.82) is 0 Å². The molecule has 11 rings (SSSR count). The Hall–Kier alpha value is -7.49. The normalized spacial score (nSPS) is 12.7. The highest BCUT2D eigenvalue weighted by Crippen LogP contribution is 2.54. The number of hydrogen-bond acceptors (Lipinski definition) is 3. The summed E-state index contributed by atoms with van der Waals surface area (Å²) >= 11 is 0. The summed E-state index contributed by atoms with van der Waals surface area (Å²) in [6, 6.07) is 67.5. The molecule has 0 aliphatic heterocycles. The second kappa shape index (κ2) is 13.9. The summed E-state index contributed by atoms with van der Waals surface area (Å²) in [5.41, 5.74) is 17.2. The van der Waals surface area contributed by atoms with Crippen molar-refractivity contribution >= 4 is 21.5 Å². The van der Waals surface area contributed by atoms with Gasteiger partial charge < -0.3 is 0 Å². The number of benzene rings is 8. The lowest BCUT2D eigenvalue weighted by Crippen LogP contribution is -2.16. The Balaban J connectivity index is 1.04. The summed E-state index contributed by atoms with van der Waals surface area (Å²) in [5, 5.41) is 4.87. The van der Waals surface area contributed by atoms with Gasteiger partial charge in [-0.2, -0.15) is 0 Å². The molecule has 10 aromatic rings. The molecule has 0 spiro atoms. The van der Waals surface area contributed by atoms with Crippen LogP contribution in [0.15, 0.2) is 200 Å². The molecule has 1 aliphatic rings. The Morgan fingerprint density at radius 3 is 1.78 bits per heavy atom. The van der Waals surface area contributed by atoms with Gasteiger partial charge in [-0.3, -0.25) is 4.98 Å². The van der Waals surface area contributed by atoms with Crippen molar-refractivity contribution < 1.29 is 0 Å². The fraction of sp³-hybridized carbons (Fsp3) is 0.0536. The van der Waals surface area contributed by atoms with Crippen LogP contribution in [-0.4, -0.2) is 15.0 Å². The largest absolute Gasteiger partial charge is 0.264 e. The third-order valence-corrected chi connectivity index (χ3v) is 12.2. The lowest BCUT2D eigenvalue weighted by Gasteiger charge is -2.25. The minimum atomic E-state index is -0.150. The summed E-state index contributed by atoms with van der Waals surface area (Å²) in [6.45, 7) is 4.76. The number of nitrogens with zero attached hydrogens (tertiary/aromatic N) is 3. The van der Waals surface area contributed by atoms with Gasteiger partial charge in [0.2, 0.25) is 0 Å². The molecule has 3 heteroatoms. The number of hydrogen-bond donors (Lipinski definition) is 0. The van der Waals surface area contributed by atoms with Crippen LogP contribution in [-0.2, 0) is 5.41 Å². The minimum Gasteiger partial charge on any atom is -0.264 e. The van der Waals surface area contributed by atoms with E-state index in [1.807, 2.05) is 18.3 Å². The van der Waals surface area contributed by atoms with E-state index in [2.05, 4.69) is 195 Å². The van der Waals surface area contributed by atoms with Crippen molar-refractivity contribution in [2.45, 2.75) is 19.3 Å². The lowest BCUT2D eigenvalue weighted by atomic mass is 9.78. The molecule has 0 amide bonds. The van der Waals surface area contributed by atoms with Gasteiger partial charge in [-0.15, -0.1) is 0 Å². The summed E-state index contributed by atoms with van der Waals surface area (Å²) in [7, 11) is 0. The molecule has 0 radical (unpaired) electrons. The predicted octanol–water partition coefficient (Wildman–Crippen LogP) is 14.5. The van der Waals surface area contributed by atoms with E-state index in [4.69, 9.17) is 9.97 Å². The fourth-order valence-electron chi connectivity index (χ4n) is 9.36. The van der Waals surface area contributed by atoms with Crippen LogP contribution in [0.3, 0.4) is 0 Å². The van der Waals surface area contributed by atoms with Crippen molar-refractivity contribution in [3.8, 4) is 78.4 Å². The smallest absolute Gasteiger partial charge is 0.161 e. The van der Waals surface area contributed by atoms with Crippen LogP contribution in [0.1, 0.15) is 25.0 Å². The Morgan fingerprint density at radius 1 is 0.390 bits per heavy atom. The molecular weight excluding hydrogens is 715 g/mol. The molecule has 278 valence electrons. The number of aromatic nitrogens is 3. The van der Waals surface area contributed by atoms with E-state index in [0.29, 0.717) is 5.82 Å². The van der Waals surface area contributed by atoms with Gasteiger partial charge >= 0.3 is 0 Å². The maximum absolute atomic E-state index is 5.30. The van der Waals surface area contributed by atoms with Gasteiger partial charge in [0.05, 0.1) is 11.4 Å². The zero-order chi connectivity index (χ0) is 39.5. The molecular formula is C56H39N3. The van der Waals surface area contributed by atoms with Crippen molar-refractivity contribution in [2.75, 3.05) is 0 Å². The molecule has 59 heavy (non-hydrogen) atoms. The molecule has 3 nitrogen and oxygen atoms in total. The average Bonchev–Trinajstić information content (AvgIpc) is 3.55. The van der Waals surface area contributed by atoms with E-state index in [1.165, 1.54) is 55.3 Å². The zero-order valence-corrected chi connectivity index (χ0v) is 32.9. The third kappa shape index (κ3) is 5.85. The van der Waals surface area contributed by atoms with Crippen LogP contribution < -0.4 is 0 Å². The fourth-order valence-corrected chi connectivity index (χ4v) is 9.36. The second-order valence-corrected chi connectivity index (χ2v) is 16.0. The minimum absolute atomic E-state index is 0.150. The van der Waals surface area contributed by atoms with Crippen molar-refractivity contribution in [3.63, 3.8) is 0 Å². The molecule has 0 saturated carbocycles. The number of pyridine rings is 1. The Kier molecular flexibility index (Phi) is 8.16. The highest BCUT2D eigenvalue weighted by molar-refractivity contribution is 6.06. The number of fused-ring (bicyclic) bond motifs is 6. The average molecular weight is 754 g/mol. The molecule has 2 heterocycles. The Bertz CT molecular complexity index is 3240. The molecule has 0 saturated heterocycles. The lowest BCUT2D eigenvalue weighted by molar-refractivity contribution is 0.662. The van der Waals surface area contributed by atoms with Crippen LogP contribution in [0.2, 0.25) is 0 Å².